The van der Waals surface area contributed by atoms with E-state index in [1.807, 2.05) is 31.4 Å². The molecule has 0 saturated heterocycles. The molecule has 0 aliphatic carbocycles. The fourth-order valence-corrected chi connectivity index (χ4v) is 2.71. The average Bonchev–Trinajstić information content (AvgIpc) is 3.02. The fraction of sp³-hybridized carbons (Fsp3) is 0.438. The average molecular weight is 338 g/mol. The predicted molar refractivity (Wildman–Crippen MR) is 91.5 cm³/mol. The van der Waals surface area contributed by atoms with Gasteiger partial charge in [0.1, 0.15) is 29.9 Å². The number of aldehydes is 1. The summed E-state index contributed by atoms with van der Waals surface area (Å²) in [6, 6.07) is 0. The first-order valence-electron chi connectivity index (χ1n) is 7.01. The van der Waals surface area contributed by atoms with Crippen LogP contribution in [0.5, 0.6) is 0 Å². The van der Waals surface area contributed by atoms with E-state index >= 15 is 0 Å². The zero-order valence-corrected chi connectivity index (χ0v) is 14.8. The van der Waals surface area contributed by atoms with E-state index in [1.165, 1.54) is 31.6 Å². The third-order valence-electron chi connectivity index (χ3n) is 3.20. The number of thiazole rings is 1. The molecule has 1 heterocycles. The Bertz CT molecular complexity index is 593. The van der Waals surface area contributed by atoms with Crippen LogP contribution in [-0.4, -0.2) is 44.4 Å². The summed E-state index contributed by atoms with van der Waals surface area (Å²) in [5, 5.41) is 6.59. The molecular weight excluding hydrogens is 316 g/mol. The molecule has 0 aliphatic heterocycles. The zero-order valence-electron chi connectivity index (χ0n) is 14.0. The largest absolute Gasteiger partial charge is 0.501 e. The van der Waals surface area contributed by atoms with Gasteiger partial charge in [0, 0.05) is 24.5 Å². The molecule has 0 aliphatic rings. The molecule has 23 heavy (non-hydrogen) atoms. The summed E-state index contributed by atoms with van der Waals surface area (Å²) >= 11 is 1.49. The van der Waals surface area contributed by atoms with Gasteiger partial charge in [-0.05, 0) is 13.0 Å². The molecule has 0 saturated carbocycles. The molecule has 6 nitrogen and oxygen atoms in total. The Morgan fingerprint density at radius 1 is 1.39 bits per heavy atom. The third kappa shape index (κ3) is 5.61. The Morgan fingerprint density at radius 2 is 2.13 bits per heavy atom. The Labute approximate surface area is 140 Å². The quantitative estimate of drug-likeness (QED) is 0.228. The fourth-order valence-electron chi connectivity index (χ4n) is 1.98. The normalized spacial score (nSPS) is 15.5. The Morgan fingerprint density at radius 3 is 2.70 bits per heavy atom. The highest BCUT2D eigenvalue weighted by atomic mass is 32.1. The number of allylic oxidation sites excluding steroid dienone is 1. The number of ether oxygens (including phenoxy) is 2. The van der Waals surface area contributed by atoms with Crippen LogP contribution in [0.15, 0.2) is 28.4 Å². The minimum atomic E-state index is -0.236. The van der Waals surface area contributed by atoms with Gasteiger partial charge >= 0.3 is 0 Å². The zero-order chi connectivity index (χ0) is 17.2. The maximum Gasteiger partial charge on any atom is 0.146 e. The number of oxime groups is 1. The predicted octanol–water partition coefficient (Wildman–Crippen LogP) is 2.91. The SMILES string of the molecule is CO/N=C(\C)c1nc(/C=C/[C@H](OC)[C@@H](C)/C(=C\C=O)OC)cs1. The van der Waals surface area contributed by atoms with Gasteiger partial charge in [0.15, 0.2) is 0 Å². The van der Waals surface area contributed by atoms with Crippen molar-refractivity contribution in [3.63, 3.8) is 0 Å². The molecule has 1 aromatic heterocycles. The highest BCUT2D eigenvalue weighted by molar-refractivity contribution is 7.11. The third-order valence-corrected chi connectivity index (χ3v) is 4.17. The van der Waals surface area contributed by atoms with Gasteiger partial charge in [-0.15, -0.1) is 11.3 Å². The Hall–Kier alpha value is -1.99. The van der Waals surface area contributed by atoms with E-state index in [-0.39, 0.29) is 12.0 Å². The second kappa shape index (κ2) is 9.91. The molecule has 0 amide bonds. The standard InChI is InChI=1S/C16H22N2O4S/c1-11(15(21-4)8-9-19)14(20-3)7-6-13-10-23-16(17-13)12(2)18-22-5/h6-11,14H,1-5H3/b7-6+,15-8+,18-12+/t11-,14+/m1/s1. The highest BCUT2D eigenvalue weighted by Gasteiger charge is 2.19. The topological polar surface area (TPSA) is 70.0 Å². The van der Waals surface area contributed by atoms with E-state index in [9.17, 15) is 4.79 Å². The number of hydrogen-bond donors (Lipinski definition) is 0. The Kier molecular flexibility index (Phi) is 8.21. The van der Waals surface area contributed by atoms with E-state index in [0.29, 0.717) is 12.0 Å². The lowest BCUT2D eigenvalue weighted by molar-refractivity contribution is -0.104. The van der Waals surface area contributed by atoms with Gasteiger partial charge in [0.2, 0.25) is 0 Å². The molecule has 1 rings (SSSR count). The van der Waals surface area contributed by atoms with E-state index in [2.05, 4.69) is 10.1 Å². The summed E-state index contributed by atoms with van der Waals surface area (Å²) in [6.07, 6.45) is 5.63. The van der Waals surface area contributed by atoms with Crippen molar-refractivity contribution in [2.75, 3.05) is 21.3 Å². The van der Waals surface area contributed by atoms with Crippen LogP contribution in [0, 0.1) is 5.92 Å². The molecular formula is C16H22N2O4S. The number of rotatable bonds is 9. The van der Waals surface area contributed by atoms with Gasteiger partial charge in [0.25, 0.3) is 0 Å². The van der Waals surface area contributed by atoms with Crippen LogP contribution in [0.1, 0.15) is 24.5 Å². The minimum absolute atomic E-state index is 0.0960. The smallest absolute Gasteiger partial charge is 0.146 e. The van der Waals surface area contributed by atoms with Crippen LogP contribution >= 0.6 is 11.3 Å². The summed E-state index contributed by atoms with van der Waals surface area (Å²) in [5.41, 5.74) is 1.53. The number of aromatic nitrogens is 1. The van der Waals surface area contributed by atoms with Crippen LogP contribution in [0.2, 0.25) is 0 Å². The second-order valence-electron chi connectivity index (χ2n) is 4.69. The first kappa shape index (κ1) is 19.1. The van der Waals surface area contributed by atoms with E-state index < -0.39 is 0 Å². The van der Waals surface area contributed by atoms with Crippen molar-refractivity contribution in [3.05, 3.63) is 34.0 Å². The van der Waals surface area contributed by atoms with E-state index in [1.54, 1.807) is 7.11 Å². The first-order valence-corrected chi connectivity index (χ1v) is 7.89. The van der Waals surface area contributed by atoms with E-state index in [4.69, 9.17) is 14.3 Å². The molecule has 0 spiro atoms. The number of hydrogen-bond acceptors (Lipinski definition) is 7. The second-order valence-corrected chi connectivity index (χ2v) is 5.55. The molecule has 1 aromatic rings. The van der Waals surface area contributed by atoms with Crippen LogP contribution in [-0.2, 0) is 19.1 Å². The number of methoxy groups -OCH3 is 2. The summed E-state index contributed by atoms with van der Waals surface area (Å²) in [4.78, 5) is 19.8. The van der Waals surface area contributed by atoms with Gasteiger partial charge in [-0.3, -0.25) is 4.79 Å². The molecule has 0 bridgehead atoms. The molecule has 0 unspecified atom stereocenters. The lowest BCUT2D eigenvalue weighted by Crippen LogP contribution is -2.20. The van der Waals surface area contributed by atoms with Crippen LogP contribution in [0.3, 0.4) is 0 Å². The van der Waals surface area contributed by atoms with Crippen molar-refractivity contribution in [2.45, 2.75) is 20.0 Å². The van der Waals surface area contributed by atoms with Crippen molar-refractivity contribution >= 4 is 29.4 Å². The van der Waals surface area contributed by atoms with Gasteiger partial charge in [-0.25, -0.2) is 4.98 Å². The maximum atomic E-state index is 10.6. The lowest BCUT2D eigenvalue weighted by atomic mass is 10.0. The van der Waals surface area contributed by atoms with Gasteiger partial charge in [-0.2, -0.15) is 0 Å². The molecule has 7 heteroatoms. The van der Waals surface area contributed by atoms with E-state index in [0.717, 1.165) is 16.4 Å². The number of nitrogens with zero attached hydrogens (tertiary/aromatic N) is 2. The van der Waals surface area contributed by atoms with Crippen molar-refractivity contribution in [2.24, 2.45) is 11.1 Å². The lowest BCUT2D eigenvalue weighted by Gasteiger charge is -2.21. The van der Waals surface area contributed by atoms with Crippen LogP contribution in [0.25, 0.3) is 6.08 Å². The molecule has 0 radical (unpaired) electrons. The van der Waals surface area contributed by atoms with Crippen LogP contribution in [0.4, 0.5) is 0 Å². The first-order chi connectivity index (χ1) is 11.1. The molecule has 126 valence electrons. The minimum Gasteiger partial charge on any atom is -0.501 e. The number of carbonyl (C=O) groups excluding carboxylic acids is 1. The summed E-state index contributed by atoms with van der Waals surface area (Å²) in [7, 11) is 4.65. The van der Waals surface area contributed by atoms with Gasteiger partial charge < -0.3 is 14.3 Å². The van der Waals surface area contributed by atoms with Crippen molar-refractivity contribution in [1.29, 1.82) is 0 Å². The maximum absolute atomic E-state index is 10.6. The number of carbonyl (C=O) groups is 1. The van der Waals surface area contributed by atoms with Gasteiger partial charge in [-0.1, -0.05) is 18.2 Å². The summed E-state index contributed by atoms with van der Waals surface area (Å²) in [6.45, 7) is 3.77. The monoisotopic (exact) mass is 338 g/mol. The van der Waals surface area contributed by atoms with Gasteiger partial charge in [0.05, 0.1) is 18.9 Å². The molecule has 2 atom stereocenters. The molecule has 0 aromatic carbocycles. The highest BCUT2D eigenvalue weighted by Crippen LogP contribution is 2.20. The van der Waals surface area contributed by atoms with Crippen LogP contribution < -0.4 is 0 Å². The Balaban J connectivity index is 2.86. The van der Waals surface area contributed by atoms with Crippen molar-refractivity contribution in [3.8, 4) is 0 Å². The van der Waals surface area contributed by atoms with Crippen molar-refractivity contribution < 1.29 is 19.1 Å². The van der Waals surface area contributed by atoms with Crippen molar-refractivity contribution in [1.82, 2.24) is 4.98 Å². The summed E-state index contributed by atoms with van der Waals surface area (Å²) in [5.74, 6) is 0.472. The molecule has 0 fully saturated rings. The molecule has 0 N–H and O–H groups in total. The summed E-state index contributed by atoms with van der Waals surface area (Å²) < 4.78 is 10.7.